The van der Waals surface area contributed by atoms with Crippen molar-refractivity contribution in [3.05, 3.63) is 0 Å². The Morgan fingerprint density at radius 2 is 1.88 bits per heavy atom. The quantitative estimate of drug-likeness (QED) is 0.765. The average Bonchev–Trinajstić information content (AvgIpc) is 2.26. The Morgan fingerprint density at radius 3 is 2.35 bits per heavy atom. The van der Waals surface area contributed by atoms with E-state index in [1.54, 1.807) is 6.92 Å². The zero-order chi connectivity index (χ0) is 11.3. The van der Waals surface area contributed by atoms with Crippen LogP contribution in [0.5, 0.6) is 0 Å². The zero-order valence-electron chi connectivity index (χ0n) is 10.3. The molecule has 7 heteroatoms. The van der Waals surface area contributed by atoms with Crippen molar-refractivity contribution in [3.8, 4) is 0 Å². The van der Waals surface area contributed by atoms with Crippen molar-refractivity contribution in [2.24, 2.45) is 5.73 Å². The molecule has 3 N–H and O–H groups in total. The molecular weight excluding hydrogens is 265 g/mol. The molecule has 1 aliphatic heterocycles. The van der Waals surface area contributed by atoms with Gasteiger partial charge in [-0.2, -0.15) is 0 Å². The highest BCUT2D eigenvalue weighted by Crippen LogP contribution is 2.02. The molecule has 0 saturated carbocycles. The number of amides is 1. The summed E-state index contributed by atoms with van der Waals surface area (Å²) in [7, 11) is 0. The number of halogens is 2. The van der Waals surface area contributed by atoms with Crippen molar-refractivity contribution in [1.82, 2.24) is 10.2 Å². The number of morpholine rings is 1. The van der Waals surface area contributed by atoms with Crippen LogP contribution in [-0.4, -0.2) is 55.7 Å². The van der Waals surface area contributed by atoms with Gasteiger partial charge in [-0.1, -0.05) is 0 Å². The third kappa shape index (κ3) is 7.06. The number of rotatable bonds is 4. The summed E-state index contributed by atoms with van der Waals surface area (Å²) in [6.45, 7) is 7.89. The maximum Gasteiger partial charge on any atom is 0.236 e. The van der Waals surface area contributed by atoms with Crippen LogP contribution in [0, 0.1) is 0 Å². The van der Waals surface area contributed by atoms with Crippen LogP contribution in [0.25, 0.3) is 0 Å². The fraction of sp³-hybridized carbons (Fsp3) is 0.900. The van der Waals surface area contributed by atoms with E-state index in [1.165, 1.54) is 0 Å². The smallest absolute Gasteiger partial charge is 0.236 e. The summed E-state index contributed by atoms with van der Waals surface area (Å²) in [6.07, 6.45) is 0. The minimum atomic E-state index is -0.429. The Balaban J connectivity index is 0. The molecule has 0 aliphatic carbocycles. The van der Waals surface area contributed by atoms with Crippen molar-refractivity contribution < 1.29 is 9.53 Å². The lowest BCUT2D eigenvalue weighted by Gasteiger charge is -2.32. The first-order valence-corrected chi connectivity index (χ1v) is 5.46. The molecular formula is C10H23Cl2N3O2. The van der Waals surface area contributed by atoms with E-state index in [0.29, 0.717) is 12.6 Å². The fourth-order valence-corrected chi connectivity index (χ4v) is 1.56. The van der Waals surface area contributed by atoms with Crippen LogP contribution in [-0.2, 0) is 9.53 Å². The van der Waals surface area contributed by atoms with Crippen LogP contribution in [0.1, 0.15) is 13.8 Å². The molecule has 1 saturated heterocycles. The summed E-state index contributed by atoms with van der Waals surface area (Å²) >= 11 is 0. The highest BCUT2D eigenvalue weighted by atomic mass is 35.5. The van der Waals surface area contributed by atoms with Gasteiger partial charge in [0.1, 0.15) is 0 Å². The van der Waals surface area contributed by atoms with E-state index in [2.05, 4.69) is 17.1 Å². The number of nitrogens with one attached hydrogen (secondary N) is 1. The lowest BCUT2D eigenvalue weighted by atomic mass is 10.2. The minimum Gasteiger partial charge on any atom is -0.379 e. The largest absolute Gasteiger partial charge is 0.379 e. The molecule has 1 heterocycles. The highest BCUT2D eigenvalue weighted by Gasteiger charge is 2.17. The van der Waals surface area contributed by atoms with E-state index in [4.69, 9.17) is 10.5 Å². The van der Waals surface area contributed by atoms with Crippen molar-refractivity contribution in [2.45, 2.75) is 25.9 Å². The average molecular weight is 288 g/mol. The van der Waals surface area contributed by atoms with Crippen LogP contribution in [0.3, 0.4) is 0 Å². The van der Waals surface area contributed by atoms with Gasteiger partial charge in [0.15, 0.2) is 0 Å². The molecule has 5 nitrogen and oxygen atoms in total. The predicted octanol–water partition coefficient (Wildman–Crippen LogP) is 0.0141. The maximum atomic E-state index is 11.3. The molecule has 1 unspecified atom stereocenters. The molecule has 0 aromatic carbocycles. The van der Waals surface area contributed by atoms with Crippen molar-refractivity contribution in [3.63, 3.8) is 0 Å². The van der Waals surface area contributed by atoms with Gasteiger partial charge >= 0.3 is 0 Å². The lowest BCUT2D eigenvalue weighted by molar-refractivity contribution is -0.122. The molecule has 0 radical (unpaired) electrons. The Bertz CT molecular complexity index is 212. The van der Waals surface area contributed by atoms with Crippen LogP contribution in [0.2, 0.25) is 0 Å². The molecule has 0 bridgehead atoms. The normalized spacial score (nSPS) is 19.5. The summed E-state index contributed by atoms with van der Waals surface area (Å²) in [5.41, 5.74) is 5.45. The number of carbonyl (C=O) groups is 1. The van der Waals surface area contributed by atoms with Gasteiger partial charge in [0.05, 0.1) is 19.3 Å². The number of nitrogens with two attached hydrogens (primary N) is 1. The molecule has 0 spiro atoms. The van der Waals surface area contributed by atoms with E-state index >= 15 is 0 Å². The zero-order valence-corrected chi connectivity index (χ0v) is 12.0. The standard InChI is InChI=1S/C10H21N3O2.2ClH/c1-8(7-12-10(14)9(2)11)13-3-5-15-6-4-13;;/h8-9H,3-7,11H2,1-2H3,(H,12,14);2*1H/t8?,9-;;/m0../s1. The molecule has 104 valence electrons. The van der Waals surface area contributed by atoms with E-state index in [9.17, 15) is 4.79 Å². The molecule has 0 aromatic rings. The molecule has 0 aromatic heterocycles. The number of hydrogen-bond acceptors (Lipinski definition) is 4. The van der Waals surface area contributed by atoms with Gasteiger partial charge in [-0.05, 0) is 13.8 Å². The third-order valence-electron chi connectivity index (χ3n) is 2.65. The van der Waals surface area contributed by atoms with E-state index in [1.807, 2.05) is 0 Å². The number of hydrogen-bond donors (Lipinski definition) is 2. The second-order valence-corrected chi connectivity index (χ2v) is 4.03. The molecule has 1 fully saturated rings. The number of ether oxygens (including phenoxy) is 1. The maximum absolute atomic E-state index is 11.3. The Kier molecular flexibility index (Phi) is 11.2. The summed E-state index contributed by atoms with van der Waals surface area (Å²) in [6, 6.07) is -0.0847. The van der Waals surface area contributed by atoms with Crippen LogP contribution in [0.15, 0.2) is 0 Å². The molecule has 17 heavy (non-hydrogen) atoms. The minimum absolute atomic E-state index is 0. The van der Waals surface area contributed by atoms with Gasteiger partial charge < -0.3 is 15.8 Å². The Morgan fingerprint density at radius 1 is 1.35 bits per heavy atom. The molecule has 1 aliphatic rings. The van der Waals surface area contributed by atoms with Gasteiger partial charge in [0, 0.05) is 25.7 Å². The summed E-state index contributed by atoms with van der Waals surface area (Å²) in [5, 5.41) is 2.83. The first-order valence-electron chi connectivity index (χ1n) is 5.46. The van der Waals surface area contributed by atoms with Crippen molar-refractivity contribution >= 4 is 30.7 Å². The van der Waals surface area contributed by atoms with E-state index in [0.717, 1.165) is 26.3 Å². The van der Waals surface area contributed by atoms with Crippen LogP contribution >= 0.6 is 24.8 Å². The van der Waals surface area contributed by atoms with E-state index in [-0.39, 0.29) is 30.7 Å². The Labute approximate surface area is 115 Å². The number of carbonyl (C=O) groups excluding carboxylic acids is 1. The summed E-state index contributed by atoms with van der Waals surface area (Å²) < 4.78 is 5.26. The second-order valence-electron chi connectivity index (χ2n) is 4.03. The van der Waals surface area contributed by atoms with Gasteiger partial charge in [-0.15, -0.1) is 24.8 Å². The summed E-state index contributed by atoms with van der Waals surface area (Å²) in [5.74, 6) is -0.0879. The highest BCUT2D eigenvalue weighted by molar-refractivity contribution is 5.85. The molecule has 1 rings (SSSR count). The van der Waals surface area contributed by atoms with Gasteiger partial charge in [0.25, 0.3) is 0 Å². The first kappa shape index (κ1) is 19.3. The first-order chi connectivity index (χ1) is 7.11. The van der Waals surface area contributed by atoms with Crippen molar-refractivity contribution in [1.29, 1.82) is 0 Å². The van der Waals surface area contributed by atoms with Gasteiger partial charge in [-0.25, -0.2) is 0 Å². The lowest BCUT2D eigenvalue weighted by Crippen LogP contribution is -2.49. The van der Waals surface area contributed by atoms with Crippen LogP contribution in [0.4, 0.5) is 0 Å². The Hall–Kier alpha value is -0.0700. The predicted molar refractivity (Wildman–Crippen MR) is 73.0 cm³/mol. The van der Waals surface area contributed by atoms with Crippen LogP contribution < -0.4 is 11.1 Å². The van der Waals surface area contributed by atoms with Gasteiger partial charge in [-0.3, -0.25) is 9.69 Å². The third-order valence-corrected chi connectivity index (χ3v) is 2.65. The van der Waals surface area contributed by atoms with E-state index < -0.39 is 6.04 Å². The van der Waals surface area contributed by atoms with Crippen molar-refractivity contribution in [2.75, 3.05) is 32.8 Å². The fourth-order valence-electron chi connectivity index (χ4n) is 1.56. The molecule has 1 amide bonds. The monoisotopic (exact) mass is 287 g/mol. The SMILES string of the molecule is CC(CNC(=O)[C@H](C)N)N1CCOCC1.Cl.Cl. The summed E-state index contributed by atoms with van der Waals surface area (Å²) in [4.78, 5) is 13.6. The second kappa shape index (κ2) is 9.91. The number of nitrogens with zero attached hydrogens (tertiary/aromatic N) is 1. The molecule has 2 atom stereocenters. The topological polar surface area (TPSA) is 67.6 Å². The van der Waals surface area contributed by atoms with Gasteiger partial charge in [0.2, 0.25) is 5.91 Å².